The van der Waals surface area contributed by atoms with Gasteiger partial charge in [0.25, 0.3) is 5.91 Å². The van der Waals surface area contributed by atoms with Crippen LogP contribution in [-0.2, 0) is 4.79 Å². The molecule has 0 aliphatic rings. The van der Waals surface area contributed by atoms with E-state index in [2.05, 4.69) is 5.32 Å². The lowest BCUT2D eigenvalue weighted by molar-refractivity contribution is -0.116. The summed E-state index contributed by atoms with van der Waals surface area (Å²) in [7, 11) is 3.33. The minimum absolute atomic E-state index is 0.0297. The topological polar surface area (TPSA) is 75.4 Å². The zero-order chi connectivity index (χ0) is 15.3. The Morgan fingerprint density at radius 3 is 2.60 bits per heavy atom. The molecule has 0 bridgehead atoms. The largest absolute Gasteiger partial charge is 0.345 e. The Labute approximate surface area is 124 Å². The van der Waals surface area contributed by atoms with Gasteiger partial charge in [0.1, 0.15) is 0 Å². The highest BCUT2D eigenvalue weighted by molar-refractivity contribution is 6.33. The number of halogens is 1. The van der Waals surface area contributed by atoms with Crippen molar-refractivity contribution in [3.05, 3.63) is 28.8 Å². The number of hydrogen-bond acceptors (Lipinski definition) is 3. The number of carbonyl (C=O) groups is 2. The summed E-state index contributed by atoms with van der Waals surface area (Å²) in [5.41, 5.74) is 6.52. The van der Waals surface area contributed by atoms with Crippen molar-refractivity contribution in [2.45, 2.75) is 25.8 Å². The number of nitrogens with one attached hydrogen (secondary N) is 1. The van der Waals surface area contributed by atoms with Crippen LogP contribution in [0.5, 0.6) is 0 Å². The van der Waals surface area contributed by atoms with Crippen molar-refractivity contribution in [3.63, 3.8) is 0 Å². The van der Waals surface area contributed by atoms with Crippen LogP contribution in [0.2, 0.25) is 5.02 Å². The van der Waals surface area contributed by atoms with Crippen LogP contribution in [-0.4, -0.2) is 36.9 Å². The van der Waals surface area contributed by atoms with Crippen molar-refractivity contribution in [2.75, 3.05) is 19.4 Å². The number of anilines is 1. The van der Waals surface area contributed by atoms with Crippen molar-refractivity contribution in [1.82, 2.24) is 4.90 Å². The highest BCUT2D eigenvalue weighted by Crippen LogP contribution is 2.23. The molecule has 1 rings (SSSR count). The summed E-state index contributed by atoms with van der Waals surface area (Å²) < 4.78 is 0. The van der Waals surface area contributed by atoms with Crippen LogP contribution in [0.1, 0.15) is 30.1 Å². The molecule has 0 saturated carbocycles. The number of benzene rings is 1. The molecule has 2 amide bonds. The summed E-state index contributed by atoms with van der Waals surface area (Å²) in [6, 6.07) is 4.77. The summed E-state index contributed by atoms with van der Waals surface area (Å²) >= 11 is 6.02. The van der Waals surface area contributed by atoms with Gasteiger partial charge in [-0.15, -0.1) is 0 Å². The summed E-state index contributed by atoms with van der Waals surface area (Å²) in [6.07, 6.45) is 0.916. The molecule has 3 N–H and O–H groups in total. The summed E-state index contributed by atoms with van der Waals surface area (Å²) in [4.78, 5) is 25.1. The molecule has 0 heterocycles. The van der Waals surface area contributed by atoms with Crippen molar-refractivity contribution in [3.8, 4) is 0 Å². The Hall–Kier alpha value is -1.59. The third-order valence-electron chi connectivity index (χ3n) is 2.72. The SMILES string of the molecule is CC(N)CCC(=O)Nc1cc(C(=O)N(C)C)ccc1Cl. The van der Waals surface area contributed by atoms with Crippen LogP contribution < -0.4 is 11.1 Å². The van der Waals surface area contributed by atoms with Gasteiger partial charge in [-0.1, -0.05) is 11.6 Å². The number of hydrogen-bond donors (Lipinski definition) is 2. The van der Waals surface area contributed by atoms with Crippen LogP contribution >= 0.6 is 11.6 Å². The van der Waals surface area contributed by atoms with Gasteiger partial charge in [-0.25, -0.2) is 0 Å². The second kappa shape index (κ2) is 7.26. The lowest BCUT2D eigenvalue weighted by Crippen LogP contribution is -2.22. The zero-order valence-corrected chi connectivity index (χ0v) is 12.7. The molecular weight excluding hydrogens is 278 g/mol. The molecule has 20 heavy (non-hydrogen) atoms. The molecule has 0 aromatic heterocycles. The first-order valence-electron chi connectivity index (χ1n) is 6.38. The van der Waals surface area contributed by atoms with Gasteiger partial charge in [-0.05, 0) is 31.5 Å². The number of nitrogens with zero attached hydrogens (tertiary/aromatic N) is 1. The summed E-state index contributed by atoms with van der Waals surface area (Å²) in [5, 5.41) is 3.10. The first-order valence-corrected chi connectivity index (χ1v) is 6.75. The second-order valence-electron chi connectivity index (χ2n) is 4.96. The Morgan fingerprint density at radius 2 is 2.05 bits per heavy atom. The molecule has 5 nitrogen and oxygen atoms in total. The van der Waals surface area contributed by atoms with Crippen LogP contribution in [0.4, 0.5) is 5.69 Å². The van der Waals surface area contributed by atoms with E-state index >= 15 is 0 Å². The molecular formula is C14H20ClN3O2. The van der Waals surface area contributed by atoms with Gasteiger partial charge >= 0.3 is 0 Å². The normalized spacial score (nSPS) is 11.8. The summed E-state index contributed by atoms with van der Waals surface area (Å²) in [5.74, 6) is -0.314. The van der Waals surface area contributed by atoms with Gasteiger partial charge in [0.15, 0.2) is 0 Å². The van der Waals surface area contributed by atoms with Crippen LogP contribution in [0, 0.1) is 0 Å². The fraction of sp³-hybridized carbons (Fsp3) is 0.429. The highest BCUT2D eigenvalue weighted by Gasteiger charge is 2.12. The second-order valence-corrected chi connectivity index (χ2v) is 5.37. The minimum Gasteiger partial charge on any atom is -0.345 e. The van der Waals surface area contributed by atoms with E-state index in [0.29, 0.717) is 29.1 Å². The van der Waals surface area contributed by atoms with Crippen molar-refractivity contribution < 1.29 is 9.59 Å². The van der Waals surface area contributed by atoms with Gasteiger partial charge in [0, 0.05) is 32.1 Å². The lowest BCUT2D eigenvalue weighted by atomic mass is 10.1. The van der Waals surface area contributed by atoms with E-state index in [1.165, 1.54) is 4.90 Å². The number of amides is 2. The molecule has 6 heteroatoms. The monoisotopic (exact) mass is 297 g/mol. The third kappa shape index (κ3) is 4.83. The first kappa shape index (κ1) is 16.5. The van der Waals surface area contributed by atoms with Crippen LogP contribution in [0.3, 0.4) is 0 Å². The number of carbonyl (C=O) groups excluding carboxylic acids is 2. The predicted octanol–water partition coefficient (Wildman–Crippen LogP) is 2.11. The molecule has 0 spiro atoms. The molecule has 1 unspecified atom stereocenters. The van der Waals surface area contributed by atoms with Gasteiger partial charge in [-0.2, -0.15) is 0 Å². The maximum atomic E-state index is 11.9. The predicted molar refractivity (Wildman–Crippen MR) is 81.0 cm³/mol. The van der Waals surface area contributed by atoms with Gasteiger partial charge in [0.2, 0.25) is 5.91 Å². The molecule has 0 saturated heterocycles. The van der Waals surface area contributed by atoms with E-state index in [1.54, 1.807) is 32.3 Å². The standard InChI is InChI=1S/C14H20ClN3O2/c1-9(16)4-7-13(19)17-12-8-10(5-6-11(12)15)14(20)18(2)3/h5-6,8-9H,4,7,16H2,1-3H3,(H,17,19). The van der Waals surface area contributed by atoms with E-state index in [4.69, 9.17) is 17.3 Å². The minimum atomic E-state index is -0.168. The Bertz CT molecular complexity index is 501. The number of nitrogens with two attached hydrogens (primary N) is 1. The van der Waals surface area contributed by atoms with Crippen LogP contribution in [0.25, 0.3) is 0 Å². The van der Waals surface area contributed by atoms with E-state index in [0.717, 1.165) is 0 Å². The fourth-order valence-corrected chi connectivity index (χ4v) is 1.75. The number of rotatable bonds is 5. The van der Waals surface area contributed by atoms with Crippen molar-refractivity contribution in [1.29, 1.82) is 0 Å². The Balaban J connectivity index is 2.81. The molecule has 1 atom stereocenters. The molecule has 0 radical (unpaired) electrons. The van der Waals surface area contributed by atoms with E-state index < -0.39 is 0 Å². The van der Waals surface area contributed by atoms with Crippen LogP contribution in [0.15, 0.2) is 18.2 Å². The van der Waals surface area contributed by atoms with Crippen molar-refractivity contribution >= 4 is 29.1 Å². The average Bonchev–Trinajstić information content (AvgIpc) is 2.38. The van der Waals surface area contributed by atoms with Crippen molar-refractivity contribution in [2.24, 2.45) is 5.73 Å². The van der Waals surface area contributed by atoms with Gasteiger partial charge in [0.05, 0.1) is 10.7 Å². The zero-order valence-electron chi connectivity index (χ0n) is 11.9. The lowest BCUT2D eigenvalue weighted by Gasteiger charge is -2.13. The maximum Gasteiger partial charge on any atom is 0.253 e. The molecule has 1 aromatic carbocycles. The van der Waals surface area contributed by atoms with E-state index in [-0.39, 0.29) is 17.9 Å². The van der Waals surface area contributed by atoms with E-state index in [1.807, 2.05) is 6.92 Å². The molecule has 0 fully saturated rings. The third-order valence-corrected chi connectivity index (χ3v) is 3.05. The summed E-state index contributed by atoms with van der Waals surface area (Å²) in [6.45, 7) is 1.84. The fourth-order valence-electron chi connectivity index (χ4n) is 1.58. The average molecular weight is 298 g/mol. The quantitative estimate of drug-likeness (QED) is 0.874. The molecule has 0 aliphatic carbocycles. The van der Waals surface area contributed by atoms with Gasteiger partial charge < -0.3 is 16.0 Å². The maximum absolute atomic E-state index is 11.9. The first-order chi connectivity index (χ1) is 9.31. The molecule has 1 aromatic rings. The molecule has 110 valence electrons. The molecule has 0 aliphatic heterocycles. The van der Waals surface area contributed by atoms with E-state index in [9.17, 15) is 9.59 Å². The highest BCUT2D eigenvalue weighted by atomic mass is 35.5. The Kier molecular flexibility index (Phi) is 5.98. The Morgan fingerprint density at radius 1 is 1.40 bits per heavy atom. The van der Waals surface area contributed by atoms with Gasteiger partial charge in [-0.3, -0.25) is 9.59 Å². The smallest absolute Gasteiger partial charge is 0.253 e.